The van der Waals surface area contributed by atoms with Gasteiger partial charge in [0.2, 0.25) is 5.91 Å². The van der Waals surface area contributed by atoms with Gasteiger partial charge in [0.15, 0.2) is 9.60 Å². The van der Waals surface area contributed by atoms with Crippen LogP contribution in [0.15, 0.2) is 23.8 Å². The average molecular weight is 336 g/mol. The highest BCUT2D eigenvalue weighted by Crippen LogP contribution is 2.27. The van der Waals surface area contributed by atoms with E-state index in [0.29, 0.717) is 33.3 Å². The van der Waals surface area contributed by atoms with Crippen LogP contribution in [0.1, 0.15) is 12.8 Å². The van der Waals surface area contributed by atoms with Gasteiger partial charge in [0, 0.05) is 13.1 Å². The lowest BCUT2D eigenvalue weighted by Gasteiger charge is -2.06. The normalized spacial score (nSPS) is 14.2. The van der Waals surface area contributed by atoms with Gasteiger partial charge in [-0.15, -0.1) is 6.58 Å². The van der Waals surface area contributed by atoms with Crippen molar-refractivity contribution in [2.24, 2.45) is 5.92 Å². The Kier molecular flexibility index (Phi) is 4.21. The van der Waals surface area contributed by atoms with Crippen LogP contribution in [0.5, 0.6) is 0 Å². The molecule has 1 fully saturated rings. The number of rotatable bonds is 6. The lowest BCUT2D eigenvalue weighted by molar-refractivity contribution is -0.121. The molecule has 0 bridgehead atoms. The molecule has 0 aromatic carbocycles. The van der Waals surface area contributed by atoms with Gasteiger partial charge in [-0.25, -0.2) is 4.98 Å². The first-order valence-electron chi connectivity index (χ1n) is 7.06. The van der Waals surface area contributed by atoms with Crippen LogP contribution >= 0.6 is 23.6 Å². The summed E-state index contributed by atoms with van der Waals surface area (Å²) in [5.74, 6) is 0.448. The number of thiazole rings is 1. The quantitative estimate of drug-likeness (QED) is 0.644. The lowest BCUT2D eigenvalue weighted by Crippen LogP contribution is -2.33. The van der Waals surface area contributed by atoms with E-state index >= 15 is 0 Å². The monoisotopic (exact) mass is 336 g/mol. The number of fused-ring (bicyclic) bond motifs is 1. The summed E-state index contributed by atoms with van der Waals surface area (Å²) < 4.78 is 4.15. The molecule has 2 aromatic heterocycles. The fourth-order valence-corrected chi connectivity index (χ4v) is 3.48. The summed E-state index contributed by atoms with van der Waals surface area (Å²) in [4.78, 5) is 28.6. The number of aromatic nitrogens is 3. The maximum atomic E-state index is 12.5. The van der Waals surface area contributed by atoms with E-state index in [1.165, 1.54) is 35.1 Å². The van der Waals surface area contributed by atoms with Crippen LogP contribution in [-0.2, 0) is 17.9 Å². The van der Waals surface area contributed by atoms with Gasteiger partial charge in [0.25, 0.3) is 5.56 Å². The number of carbonyl (C=O) groups excluding carboxylic acids is 1. The number of carbonyl (C=O) groups is 1. The molecule has 3 rings (SSSR count). The van der Waals surface area contributed by atoms with Gasteiger partial charge < -0.3 is 9.88 Å². The predicted molar refractivity (Wildman–Crippen MR) is 88.6 cm³/mol. The maximum Gasteiger partial charge on any atom is 0.273 e. The van der Waals surface area contributed by atoms with Gasteiger partial charge in [-0.3, -0.25) is 14.2 Å². The molecule has 0 aliphatic heterocycles. The van der Waals surface area contributed by atoms with Crippen molar-refractivity contribution in [2.45, 2.75) is 25.9 Å². The largest absolute Gasteiger partial charge is 0.354 e. The summed E-state index contributed by atoms with van der Waals surface area (Å²) in [6.45, 7) is 4.87. The fourth-order valence-electron chi connectivity index (χ4n) is 2.17. The Balaban J connectivity index is 1.86. The Bertz CT molecular complexity index is 845. The van der Waals surface area contributed by atoms with Gasteiger partial charge in [-0.1, -0.05) is 17.4 Å². The standard InChI is InChI=1S/C14H16N4O2S2/c1-2-5-18-12-11(22-14(18)21)13(20)17(8-16-12)7-10(19)15-6-9-3-4-9/h2,8-9H,1,3-7H2,(H,15,19). The zero-order valence-corrected chi connectivity index (χ0v) is 13.6. The molecular formula is C14H16N4O2S2. The molecule has 1 aliphatic rings. The second-order valence-corrected chi connectivity index (χ2v) is 6.99. The predicted octanol–water partition coefficient (Wildman–Crippen LogP) is 1.70. The summed E-state index contributed by atoms with van der Waals surface area (Å²) >= 11 is 6.47. The number of allylic oxidation sites excluding steroid dienone is 1. The van der Waals surface area contributed by atoms with Crippen molar-refractivity contribution in [3.8, 4) is 0 Å². The van der Waals surface area contributed by atoms with Crippen LogP contribution in [0.25, 0.3) is 10.3 Å². The summed E-state index contributed by atoms with van der Waals surface area (Å²) in [6.07, 6.45) is 5.46. The Morgan fingerprint density at radius 2 is 2.36 bits per heavy atom. The second-order valence-electron chi connectivity index (χ2n) is 5.35. The molecule has 2 aromatic rings. The molecule has 0 radical (unpaired) electrons. The molecule has 116 valence electrons. The molecule has 8 heteroatoms. The fraction of sp³-hybridized carbons (Fsp3) is 0.429. The molecule has 1 amide bonds. The first-order valence-corrected chi connectivity index (χ1v) is 8.29. The molecule has 22 heavy (non-hydrogen) atoms. The van der Waals surface area contributed by atoms with E-state index < -0.39 is 0 Å². The van der Waals surface area contributed by atoms with Gasteiger partial charge in [0.1, 0.15) is 17.6 Å². The summed E-state index contributed by atoms with van der Waals surface area (Å²) in [6, 6.07) is 0. The Hall–Kier alpha value is -1.80. The average Bonchev–Trinajstić information content (AvgIpc) is 3.26. The molecule has 0 unspecified atom stereocenters. The van der Waals surface area contributed by atoms with Crippen molar-refractivity contribution < 1.29 is 4.79 Å². The first kappa shape index (κ1) is 15.1. The van der Waals surface area contributed by atoms with Crippen LogP contribution < -0.4 is 10.9 Å². The molecule has 1 N–H and O–H groups in total. The van der Waals surface area contributed by atoms with Crippen molar-refractivity contribution in [3.63, 3.8) is 0 Å². The number of nitrogens with zero attached hydrogens (tertiary/aromatic N) is 3. The molecule has 0 spiro atoms. The zero-order valence-electron chi connectivity index (χ0n) is 11.9. The van der Waals surface area contributed by atoms with Crippen molar-refractivity contribution in [1.82, 2.24) is 19.4 Å². The molecule has 2 heterocycles. The smallest absolute Gasteiger partial charge is 0.273 e. The second kappa shape index (κ2) is 6.13. The molecule has 0 saturated heterocycles. The van der Waals surface area contributed by atoms with E-state index in [-0.39, 0.29) is 18.0 Å². The highest BCUT2D eigenvalue weighted by Gasteiger charge is 2.21. The van der Waals surface area contributed by atoms with Crippen LogP contribution in [0.3, 0.4) is 0 Å². The SMILES string of the molecule is C=CCn1c(=S)sc2c(=O)n(CC(=O)NCC3CC3)cnc21. The Morgan fingerprint density at radius 3 is 3.05 bits per heavy atom. The van der Waals surface area contributed by atoms with Gasteiger partial charge in [-0.2, -0.15) is 0 Å². The highest BCUT2D eigenvalue weighted by molar-refractivity contribution is 7.73. The summed E-state index contributed by atoms with van der Waals surface area (Å²) in [5.41, 5.74) is 0.319. The lowest BCUT2D eigenvalue weighted by atomic mass is 10.4. The summed E-state index contributed by atoms with van der Waals surface area (Å²) in [5, 5.41) is 2.84. The molecule has 0 atom stereocenters. The van der Waals surface area contributed by atoms with E-state index in [1.807, 2.05) is 0 Å². The zero-order chi connectivity index (χ0) is 15.7. The van der Waals surface area contributed by atoms with Gasteiger partial charge in [-0.05, 0) is 31.0 Å². The van der Waals surface area contributed by atoms with Crippen LogP contribution in [0, 0.1) is 9.87 Å². The third-order valence-corrected chi connectivity index (χ3v) is 4.98. The maximum absolute atomic E-state index is 12.5. The van der Waals surface area contributed by atoms with E-state index in [4.69, 9.17) is 12.2 Å². The van der Waals surface area contributed by atoms with Crippen molar-refractivity contribution in [3.05, 3.63) is 33.3 Å². The minimum atomic E-state index is -0.231. The van der Waals surface area contributed by atoms with Crippen LogP contribution in [0.4, 0.5) is 0 Å². The molecule has 6 nitrogen and oxygen atoms in total. The van der Waals surface area contributed by atoms with Crippen LogP contribution in [0.2, 0.25) is 0 Å². The minimum Gasteiger partial charge on any atom is -0.354 e. The topological polar surface area (TPSA) is 68.9 Å². The number of hydrogen-bond donors (Lipinski definition) is 1. The first-order chi connectivity index (χ1) is 10.6. The minimum absolute atomic E-state index is 0.0133. The van der Waals surface area contributed by atoms with E-state index in [9.17, 15) is 9.59 Å². The highest BCUT2D eigenvalue weighted by atomic mass is 32.1. The van der Waals surface area contributed by atoms with E-state index in [1.54, 1.807) is 10.6 Å². The van der Waals surface area contributed by atoms with Crippen molar-refractivity contribution in [2.75, 3.05) is 6.54 Å². The van der Waals surface area contributed by atoms with Crippen molar-refractivity contribution in [1.29, 1.82) is 0 Å². The van der Waals surface area contributed by atoms with Gasteiger partial charge >= 0.3 is 0 Å². The van der Waals surface area contributed by atoms with Crippen LogP contribution in [-0.4, -0.2) is 26.6 Å². The number of amides is 1. The third kappa shape index (κ3) is 3.02. The third-order valence-electron chi connectivity index (χ3n) is 3.55. The Morgan fingerprint density at radius 1 is 1.59 bits per heavy atom. The van der Waals surface area contributed by atoms with Gasteiger partial charge in [0.05, 0.1) is 0 Å². The van der Waals surface area contributed by atoms with Crippen molar-refractivity contribution >= 4 is 39.8 Å². The molecule has 1 saturated carbocycles. The Labute approximate surface area is 136 Å². The van der Waals surface area contributed by atoms with E-state index in [0.717, 1.165) is 0 Å². The van der Waals surface area contributed by atoms with E-state index in [2.05, 4.69) is 16.9 Å². The molecular weight excluding hydrogens is 320 g/mol. The summed E-state index contributed by atoms with van der Waals surface area (Å²) in [7, 11) is 0. The molecule has 1 aliphatic carbocycles. The number of hydrogen-bond acceptors (Lipinski definition) is 5. The number of nitrogens with one attached hydrogen (secondary N) is 1.